The Morgan fingerprint density at radius 1 is 0.969 bits per heavy atom. The monoisotopic (exact) mass is 421 g/mol. The molecule has 0 saturated heterocycles. The molecule has 1 fully saturated rings. The first kappa shape index (κ1) is 18.8. The number of benzene rings is 2. The van der Waals surface area contributed by atoms with Gasteiger partial charge in [-0.25, -0.2) is 0 Å². The van der Waals surface area contributed by atoms with E-state index in [-0.39, 0.29) is 18.1 Å². The summed E-state index contributed by atoms with van der Waals surface area (Å²) in [5, 5.41) is 8.58. The van der Waals surface area contributed by atoms with Gasteiger partial charge in [0.1, 0.15) is 11.9 Å². The molecule has 0 bridgehead atoms. The zero-order valence-electron chi connectivity index (χ0n) is 17.6. The van der Waals surface area contributed by atoms with Gasteiger partial charge in [0.25, 0.3) is 5.91 Å². The molecule has 1 N–H and O–H groups in total. The van der Waals surface area contributed by atoms with Gasteiger partial charge in [-0.15, -0.1) is 0 Å². The van der Waals surface area contributed by atoms with E-state index in [1.54, 1.807) is 6.20 Å². The van der Waals surface area contributed by atoms with Crippen LogP contribution in [0.1, 0.15) is 40.5 Å². The van der Waals surface area contributed by atoms with Crippen molar-refractivity contribution in [3.05, 3.63) is 102 Å². The van der Waals surface area contributed by atoms with E-state index in [0.29, 0.717) is 6.54 Å². The van der Waals surface area contributed by atoms with Crippen molar-refractivity contribution in [2.75, 3.05) is 5.32 Å². The van der Waals surface area contributed by atoms with Crippen LogP contribution in [0.3, 0.4) is 0 Å². The summed E-state index contributed by atoms with van der Waals surface area (Å²) in [4.78, 5) is 19.8. The predicted molar refractivity (Wildman–Crippen MR) is 123 cm³/mol. The van der Waals surface area contributed by atoms with E-state index in [1.807, 2.05) is 70.4 Å². The zero-order valence-corrected chi connectivity index (χ0v) is 17.6. The molecule has 6 rings (SSSR count). The molecular formula is C26H23N5O. The number of amides is 1. The fourth-order valence-electron chi connectivity index (χ4n) is 4.44. The van der Waals surface area contributed by atoms with Gasteiger partial charge in [0.15, 0.2) is 0 Å². The Morgan fingerprint density at radius 3 is 2.56 bits per heavy atom. The lowest BCUT2D eigenvalue weighted by atomic mass is 10.0. The van der Waals surface area contributed by atoms with Crippen LogP contribution in [0.15, 0.2) is 85.3 Å². The van der Waals surface area contributed by atoms with E-state index in [4.69, 9.17) is 5.10 Å². The zero-order chi connectivity index (χ0) is 21.5. The van der Waals surface area contributed by atoms with Crippen molar-refractivity contribution in [1.29, 1.82) is 0 Å². The number of nitrogens with zero attached hydrogens (tertiary/aromatic N) is 4. The maximum Gasteiger partial charge on any atom is 0.258 e. The molecule has 1 atom stereocenters. The normalized spacial score (nSPS) is 17.7. The summed E-state index contributed by atoms with van der Waals surface area (Å²) in [6.45, 7) is 0.661. The van der Waals surface area contributed by atoms with Crippen molar-refractivity contribution >= 4 is 11.6 Å². The van der Waals surface area contributed by atoms with Gasteiger partial charge in [0.2, 0.25) is 0 Å². The predicted octanol–water partition coefficient (Wildman–Crippen LogP) is 4.72. The molecule has 1 aliphatic heterocycles. The van der Waals surface area contributed by atoms with E-state index in [0.717, 1.165) is 40.9 Å². The van der Waals surface area contributed by atoms with Crippen molar-refractivity contribution in [1.82, 2.24) is 19.7 Å². The van der Waals surface area contributed by atoms with Gasteiger partial charge in [-0.2, -0.15) is 5.10 Å². The highest BCUT2D eigenvalue weighted by Gasteiger charge is 2.43. The van der Waals surface area contributed by atoms with E-state index in [9.17, 15) is 4.79 Å². The number of fused-ring (bicyclic) bond motifs is 1. The number of carbonyl (C=O) groups is 1. The quantitative estimate of drug-likeness (QED) is 0.506. The molecule has 2 aromatic carbocycles. The van der Waals surface area contributed by atoms with Crippen LogP contribution in [0.2, 0.25) is 0 Å². The van der Waals surface area contributed by atoms with Gasteiger partial charge in [0, 0.05) is 41.4 Å². The van der Waals surface area contributed by atoms with Crippen molar-refractivity contribution in [2.24, 2.45) is 0 Å². The van der Waals surface area contributed by atoms with Crippen molar-refractivity contribution in [3.63, 3.8) is 0 Å². The first-order valence-electron chi connectivity index (χ1n) is 11.0. The Balaban J connectivity index is 1.47. The summed E-state index contributed by atoms with van der Waals surface area (Å²) < 4.78 is 1.96. The highest BCUT2D eigenvalue weighted by atomic mass is 16.2. The fourth-order valence-corrected chi connectivity index (χ4v) is 4.44. The number of pyridine rings is 1. The molecule has 0 radical (unpaired) electrons. The van der Waals surface area contributed by atoms with Gasteiger partial charge in [0.05, 0.1) is 12.1 Å². The Hall–Kier alpha value is -3.93. The number of carbonyl (C=O) groups excluding carboxylic acids is 1. The van der Waals surface area contributed by atoms with E-state index in [2.05, 4.69) is 28.6 Å². The maximum atomic E-state index is 13.5. The largest absolute Gasteiger partial charge is 0.361 e. The Labute approximate surface area is 186 Å². The van der Waals surface area contributed by atoms with Gasteiger partial charge >= 0.3 is 0 Å². The van der Waals surface area contributed by atoms with Gasteiger partial charge < -0.3 is 10.2 Å². The van der Waals surface area contributed by atoms with Crippen LogP contribution in [0.25, 0.3) is 11.3 Å². The van der Waals surface area contributed by atoms with Crippen LogP contribution in [0, 0.1) is 0 Å². The van der Waals surface area contributed by atoms with Gasteiger partial charge in [-0.05, 0) is 42.7 Å². The second-order valence-electron chi connectivity index (χ2n) is 8.39. The molecular weight excluding hydrogens is 398 g/mol. The minimum Gasteiger partial charge on any atom is -0.361 e. The Morgan fingerprint density at radius 2 is 1.78 bits per heavy atom. The highest BCUT2D eigenvalue weighted by molar-refractivity contribution is 6.02. The lowest BCUT2D eigenvalue weighted by Crippen LogP contribution is -2.44. The molecule has 1 saturated carbocycles. The van der Waals surface area contributed by atoms with E-state index < -0.39 is 0 Å². The lowest BCUT2D eigenvalue weighted by molar-refractivity contribution is 0.0667. The number of hydrogen-bond donors (Lipinski definition) is 1. The number of nitrogens with one attached hydrogen (secondary N) is 1. The second-order valence-corrected chi connectivity index (χ2v) is 8.39. The molecule has 32 heavy (non-hydrogen) atoms. The third-order valence-electron chi connectivity index (χ3n) is 6.11. The number of anilines is 1. The molecule has 2 aromatic heterocycles. The summed E-state index contributed by atoms with van der Waals surface area (Å²) in [6, 6.07) is 22.2. The summed E-state index contributed by atoms with van der Waals surface area (Å²) in [5.74, 6) is 0.0831. The molecule has 1 amide bonds. The van der Waals surface area contributed by atoms with Crippen molar-refractivity contribution in [3.8, 4) is 11.3 Å². The molecule has 0 unspecified atom stereocenters. The number of aromatic nitrogens is 3. The third-order valence-corrected chi connectivity index (χ3v) is 6.11. The molecule has 0 spiro atoms. The molecule has 3 heterocycles. The molecule has 158 valence electrons. The average molecular weight is 422 g/mol. The highest BCUT2D eigenvalue weighted by Crippen LogP contribution is 2.42. The summed E-state index contributed by atoms with van der Waals surface area (Å²) in [7, 11) is 0. The van der Waals surface area contributed by atoms with Gasteiger partial charge in [-0.1, -0.05) is 42.5 Å². The smallest absolute Gasteiger partial charge is 0.258 e. The molecule has 6 heteroatoms. The van der Waals surface area contributed by atoms with Crippen LogP contribution >= 0.6 is 0 Å². The average Bonchev–Trinajstić information content (AvgIpc) is 3.59. The molecule has 2 aliphatic rings. The van der Waals surface area contributed by atoms with Crippen LogP contribution in [0.4, 0.5) is 5.69 Å². The minimum absolute atomic E-state index is 0.0831. The molecule has 1 aliphatic carbocycles. The number of para-hydroxylation sites is 1. The number of rotatable bonds is 5. The standard InChI is InChI=1S/C26H23N5O/c32-26-21-10-4-5-11-23(21)28-25(31(26)20-12-13-20)22-17-30(16-18-7-2-1-3-8-18)29-24(22)19-9-6-14-27-15-19/h1-11,14-15,17,20,25,28H,12-13,16H2/t25-/m0/s1. The van der Waals surface area contributed by atoms with Crippen LogP contribution < -0.4 is 5.32 Å². The van der Waals surface area contributed by atoms with Crippen LogP contribution in [-0.4, -0.2) is 31.6 Å². The summed E-state index contributed by atoms with van der Waals surface area (Å²) in [5.41, 5.74) is 5.56. The molecule has 4 aromatic rings. The Bertz CT molecular complexity index is 1260. The molecule has 6 nitrogen and oxygen atoms in total. The van der Waals surface area contributed by atoms with Gasteiger partial charge in [-0.3, -0.25) is 14.5 Å². The van der Waals surface area contributed by atoms with E-state index >= 15 is 0 Å². The van der Waals surface area contributed by atoms with E-state index in [1.165, 1.54) is 5.56 Å². The SMILES string of the molecule is O=C1c2ccccc2N[C@H](c2cn(Cc3ccccc3)nc2-c2cccnc2)N1C1CC1. The first-order chi connectivity index (χ1) is 15.8. The summed E-state index contributed by atoms with van der Waals surface area (Å²) in [6.07, 6.45) is 7.46. The fraction of sp³-hybridized carbons (Fsp3) is 0.192. The minimum atomic E-state index is -0.273. The van der Waals surface area contributed by atoms with Crippen molar-refractivity contribution < 1.29 is 4.79 Å². The third kappa shape index (κ3) is 3.34. The number of hydrogen-bond acceptors (Lipinski definition) is 4. The first-order valence-corrected chi connectivity index (χ1v) is 11.0. The summed E-state index contributed by atoms with van der Waals surface area (Å²) >= 11 is 0. The van der Waals surface area contributed by atoms with Crippen molar-refractivity contribution in [2.45, 2.75) is 31.6 Å². The lowest BCUT2D eigenvalue weighted by Gasteiger charge is -2.38. The maximum absolute atomic E-state index is 13.5. The Kier molecular flexibility index (Phi) is 4.49. The second kappa shape index (κ2) is 7.64. The topological polar surface area (TPSA) is 63.1 Å². The van der Waals surface area contributed by atoms with Crippen LogP contribution in [0.5, 0.6) is 0 Å². The van der Waals surface area contributed by atoms with Crippen LogP contribution in [-0.2, 0) is 6.54 Å².